The Morgan fingerprint density at radius 2 is 2.20 bits per heavy atom. The van der Waals surface area contributed by atoms with E-state index < -0.39 is 0 Å². The first-order chi connectivity index (χ1) is 7.22. The van der Waals surface area contributed by atoms with E-state index in [1.807, 2.05) is 11.8 Å². The molecular formula is C11H20N2O2. The summed E-state index contributed by atoms with van der Waals surface area (Å²) in [7, 11) is 0. The van der Waals surface area contributed by atoms with Crippen LogP contribution in [0.1, 0.15) is 19.8 Å². The van der Waals surface area contributed by atoms with Gasteiger partial charge in [0.15, 0.2) is 0 Å². The van der Waals surface area contributed by atoms with Crippen LogP contribution in [0.3, 0.4) is 0 Å². The summed E-state index contributed by atoms with van der Waals surface area (Å²) < 4.78 is 5.23. The van der Waals surface area contributed by atoms with Gasteiger partial charge in [0, 0.05) is 19.1 Å². The molecule has 2 fully saturated rings. The summed E-state index contributed by atoms with van der Waals surface area (Å²) in [5, 5.41) is 0. The minimum absolute atomic E-state index is 0.106. The van der Waals surface area contributed by atoms with E-state index in [2.05, 4.69) is 0 Å². The maximum absolute atomic E-state index is 12.1. The van der Waals surface area contributed by atoms with E-state index in [1.165, 1.54) is 12.8 Å². The molecule has 0 radical (unpaired) electrons. The summed E-state index contributed by atoms with van der Waals surface area (Å²) in [6.07, 6.45) is 2.55. The van der Waals surface area contributed by atoms with Crippen LogP contribution in [0.4, 0.5) is 0 Å². The molecular weight excluding hydrogens is 192 g/mol. The van der Waals surface area contributed by atoms with Gasteiger partial charge >= 0.3 is 0 Å². The van der Waals surface area contributed by atoms with Crippen molar-refractivity contribution in [2.45, 2.75) is 25.8 Å². The maximum Gasteiger partial charge on any atom is 0.229 e. The number of nitrogens with two attached hydrogens (primary N) is 1. The van der Waals surface area contributed by atoms with Crippen molar-refractivity contribution in [1.82, 2.24) is 4.90 Å². The predicted molar refractivity (Wildman–Crippen MR) is 57.3 cm³/mol. The fourth-order valence-corrected chi connectivity index (χ4v) is 2.05. The molecule has 86 valence electrons. The van der Waals surface area contributed by atoms with E-state index in [4.69, 9.17) is 10.5 Å². The molecule has 2 atom stereocenters. The maximum atomic E-state index is 12.1. The van der Waals surface area contributed by atoms with E-state index >= 15 is 0 Å². The molecule has 4 heteroatoms. The molecule has 1 aliphatic heterocycles. The van der Waals surface area contributed by atoms with E-state index in [1.54, 1.807) is 0 Å². The van der Waals surface area contributed by atoms with Gasteiger partial charge in [-0.1, -0.05) is 0 Å². The van der Waals surface area contributed by atoms with Gasteiger partial charge in [-0.05, 0) is 25.7 Å². The first kappa shape index (κ1) is 10.9. The van der Waals surface area contributed by atoms with Crippen LogP contribution in [0, 0.1) is 11.8 Å². The molecule has 1 heterocycles. The Morgan fingerprint density at radius 1 is 1.47 bits per heavy atom. The summed E-state index contributed by atoms with van der Waals surface area (Å²) in [6.45, 7) is 4.76. The topological polar surface area (TPSA) is 55.6 Å². The zero-order valence-corrected chi connectivity index (χ0v) is 9.32. The van der Waals surface area contributed by atoms with E-state index in [9.17, 15) is 4.79 Å². The monoisotopic (exact) mass is 212 g/mol. The second-order valence-electron chi connectivity index (χ2n) is 4.63. The average molecular weight is 212 g/mol. The summed E-state index contributed by atoms with van der Waals surface area (Å²) in [5.41, 5.74) is 5.85. The number of nitrogens with zero attached hydrogens (tertiary/aromatic N) is 1. The fourth-order valence-electron chi connectivity index (χ4n) is 2.05. The van der Waals surface area contributed by atoms with Crippen LogP contribution in [-0.2, 0) is 9.53 Å². The largest absolute Gasteiger partial charge is 0.379 e. The van der Waals surface area contributed by atoms with Gasteiger partial charge in [-0.25, -0.2) is 0 Å². The van der Waals surface area contributed by atoms with Gasteiger partial charge in [0.1, 0.15) is 0 Å². The van der Waals surface area contributed by atoms with E-state index in [0.29, 0.717) is 13.2 Å². The summed E-state index contributed by atoms with van der Waals surface area (Å²) >= 11 is 0. The minimum Gasteiger partial charge on any atom is -0.379 e. The van der Waals surface area contributed by atoms with Crippen LogP contribution in [0.25, 0.3) is 0 Å². The van der Waals surface area contributed by atoms with Crippen molar-refractivity contribution in [3.63, 3.8) is 0 Å². The molecule has 0 spiro atoms. The van der Waals surface area contributed by atoms with Crippen LogP contribution in [-0.4, -0.2) is 43.2 Å². The van der Waals surface area contributed by atoms with Crippen molar-refractivity contribution in [1.29, 1.82) is 0 Å². The minimum atomic E-state index is -0.108. The molecule has 4 nitrogen and oxygen atoms in total. The van der Waals surface area contributed by atoms with Crippen molar-refractivity contribution in [2.75, 3.05) is 26.3 Å². The molecule has 0 bridgehead atoms. The number of carbonyl (C=O) groups is 1. The number of hydrogen-bond donors (Lipinski definition) is 1. The fraction of sp³-hybridized carbons (Fsp3) is 0.909. The Balaban J connectivity index is 1.90. The highest BCUT2D eigenvalue weighted by Crippen LogP contribution is 2.30. The van der Waals surface area contributed by atoms with Crippen LogP contribution in [0.15, 0.2) is 0 Å². The smallest absolute Gasteiger partial charge is 0.229 e. The lowest BCUT2D eigenvalue weighted by Gasteiger charge is -2.25. The van der Waals surface area contributed by atoms with Crippen LogP contribution in [0.5, 0.6) is 0 Å². The van der Waals surface area contributed by atoms with E-state index in [0.717, 1.165) is 19.0 Å². The van der Waals surface area contributed by atoms with Crippen LogP contribution >= 0.6 is 0 Å². The highest BCUT2D eigenvalue weighted by molar-refractivity contribution is 5.80. The highest BCUT2D eigenvalue weighted by atomic mass is 16.5. The van der Waals surface area contributed by atoms with Crippen molar-refractivity contribution < 1.29 is 9.53 Å². The van der Waals surface area contributed by atoms with Gasteiger partial charge in [0.25, 0.3) is 0 Å². The Kier molecular flexibility index (Phi) is 3.26. The number of ether oxygens (including phenoxy) is 1. The molecule has 2 aliphatic rings. The quantitative estimate of drug-likeness (QED) is 0.725. The molecule has 1 amide bonds. The third kappa shape index (κ3) is 2.49. The van der Waals surface area contributed by atoms with Crippen molar-refractivity contribution >= 4 is 5.91 Å². The number of amides is 1. The van der Waals surface area contributed by atoms with Gasteiger partial charge in [-0.15, -0.1) is 0 Å². The lowest BCUT2D eigenvalue weighted by molar-refractivity contribution is -0.135. The lowest BCUT2D eigenvalue weighted by atomic mass is 10.0. The summed E-state index contributed by atoms with van der Waals surface area (Å²) in [5.74, 6) is 0.825. The molecule has 2 rings (SSSR count). The van der Waals surface area contributed by atoms with E-state index in [-0.39, 0.29) is 17.9 Å². The molecule has 2 N–H and O–H groups in total. The third-order valence-corrected chi connectivity index (χ3v) is 3.31. The summed E-state index contributed by atoms with van der Waals surface area (Å²) in [4.78, 5) is 14.1. The Labute approximate surface area is 90.8 Å². The first-order valence-electron chi connectivity index (χ1n) is 5.84. The molecule has 1 saturated carbocycles. The Bertz CT molecular complexity index is 241. The van der Waals surface area contributed by atoms with Crippen molar-refractivity contribution in [3.05, 3.63) is 0 Å². The number of hydrogen-bond acceptors (Lipinski definition) is 3. The zero-order valence-electron chi connectivity index (χ0n) is 9.32. The van der Waals surface area contributed by atoms with Crippen molar-refractivity contribution in [2.24, 2.45) is 17.6 Å². The molecule has 1 aliphatic carbocycles. The highest BCUT2D eigenvalue weighted by Gasteiger charge is 2.35. The normalized spacial score (nSPS) is 30.5. The number of carbonyl (C=O) groups excluding carboxylic acids is 1. The second kappa shape index (κ2) is 4.49. The standard InChI is InChI=1S/C11H20N2O2/c1-2-13(5-8-3-4-8)11(14)9-6-15-7-10(9)12/h8-10H,2-7,12H2,1H3. The Hall–Kier alpha value is -0.610. The molecule has 0 aromatic carbocycles. The molecule has 1 saturated heterocycles. The lowest BCUT2D eigenvalue weighted by Crippen LogP contribution is -2.44. The Morgan fingerprint density at radius 3 is 2.67 bits per heavy atom. The molecule has 0 aromatic rings. The third-order valence-electron chi connectivity index (χ3n) is 3.31. The SMILES string of the molecule is CCN(CC1CC1)C(=O)C1COCC1N. The van der Waals surface area contributed by atoms with Crippen LogP contribution < -0.4 is 5.73 Å². The van der Waals surface area contributed by atoms with Gasteiger partial charge in [-0.2, -0.15) is 0 Å². The zero-order chi connectivity index (χ0) is 10.8. The molecule has 0 aromatic heterocycles. The van der Waals surface area contributed by atoms with Gasteiger partial charge in [0.05, 0.1) is 19.1 Å². The first-order valence-corrected chi connectivity index (χ1v) is 5.84. The molecule has 2 unspecified atom stereocenters. The van der Waals surface area contributed by atoms with Crippen molar-refractivity contribution in [3.8, 4) is 0 Å². The van der Waals surface area contributed by atoms with Gasteiger partial charge in [0.2, 0.25) is 5.91 Å². The predicted octanol–water partition coefficient (Wildman–Crippen LogP) is 0.219. The summed E-state index contributed by atoms with van der Waals surface area (Å²) in [6, 6.07) is -0.106. The van der Waals surface area contributed by atoms with Gasteiger partial charge < -0.3 is 15.4 Å². The average Bonchev–Trinajstić information content (AvgIpc) is 2.95. The van der Waals surface area contributed by atoms with Gasteiger partial charge in [-0.3, -0.25) is 4.79 Å². The molecule has 15 heavy (non-hydrogen) atoms. The number of rotatable bonds is 4. The van der Waals surface area contributed by atoms with Crippen LogP contribution in [0.2, 0.25) is 0 Å². The second-order valence-corrected chi connectivity index (χ2v) is 4.63.